The van der Waals surface area contributed by atoms with Crippen LogP contribution in [0.3, 0.4) is 0 Å². The van der Waals surface area contributed by atoms with Gasteiger partial charge in [0.15, 0.2) is 9.84 Å². The third-order valence-corrected chi connectivity index (χ3v) is 6.57. The number of thiazole rings is 1. The lowest BCUT2D eigenvalue weighted by Gasteiger charge is -2.21. The number of hydrogen-bond acceptors (Lipinski definition) is 5. The molecule has 1 aliphatic rings. The molecule has 0 saturated carbocycles. The highest BCUT2D eigenvalue weighted by Gasteiger charge is 2.29. The summed E-state index contributed by atoms with van der Waals surface area (Å²) >= 11 is 1.54. The van der Waals surface area contributed by atoms with E-state index in [-0.39, 0.29) is 16.4 Å². The van der Waals surface area contributed by atoms with E-state index < -0.39 is 9.84 Å². The Bertz CT molecular complexity index is 522. The van der Waals surface area contributed by atoms with E-state index in [4.69, 9.17) is 4.74 Å². The quantitative estimate of drug-likeness (QED) is 0.861. The molecule has 4 nitrogen and oxygen atoms in total. The largest absolute Gasteiger partial charge is 0.380 e. The van der Waals surface area contributed by atoms with Crippen LogP contribution in [0.1, 0.15) is 44.3 Å². The lowest BCUT2D eigenvalue weighted by molar-refractivity contribution is 0.0991. The molecule has 2 heterocycles. The molecule has 0 unspecified atom stereocenters. The average Bonchev–Trinajstić information content (AvgIpc) is 2.78. The zero-order valence-corrected chi connectivity index (χ0v) is 13.3. The molecule has 0 amide bonds. The van der Waals surface area contributed by atoms with Crippen molar-refractivity contribution in [1.29, 1.82) is 0 Å². The predicted molar refractivity (Wildman–Crippen MR) is 77.3 cm³/mol. The summed E-state index contributed by atoms with van der Waals surface area (Å²) in [5.74, 6) is 0.0353. The van der Waals surface area contributed by atoms with Crippen molar-refractivity contribution in [3.8, 4) is 0 Å². The van der Waals surface area contributed by atoms with Gasteiger partial charge in [0.05, 0.1) is 28.3 Å². The highest BCUT2D eigenvalue weighted by atomic mass is 32.2. The molecule has 0 bridgehead atoms. The second-order valence-corrected chi connectivity index (χ2v) is 9.18. The summed E-state index contributed by atoms with van der Waals surface area (Å²) in [5.41, 5.74) is 0.640. The first-order chi connectivity index (χ1) is 8.79. The number of sulfone groups is 1. The van der Waals surface area contributed by atoms with Crippen molar-refractivity contribution in [3.05, 3.63) is 16.1 Å². The van der Waals surface area contributed by atoms with E-state index in [0.717, 1.165) is 11.4 Å². The van der Waals surface area contributed by atoms with E-state index in [1.54, 1.807) is 0 Å². The Morgan fingerprint density at radius 1 is 1.47 bits per heavy atom. The molecular formula is C13H21NO3S2. The standard InChI is InChI=1S/C13H21NO3S2/c1-13(2,3)12-14-10(8-18-12)9-19(15,16)11-5-4-6-17-7-11/h8,11H,4-7,9H2,1-3H3/t11-/m1/s1. The molecule has 0 aromatic carbocycles. The first-order valence-corrected chi connectivity index (χ1v) is 9.13. The second kappa shape index (κ2) is 5.50. The second-order valence-electron chi connectivity index (χ2n) is 6.04. The van der Waals surface area contributed by atoms with Gasteiger partial charge in [-0.2, -0.15) is 0 Å². The number of aromatic nitrogens is 1. The first kappa shape index (κ1) is 14.9. The lowest BCUT2D eigenvalue weighted by Crippen LogP contribution is -2.31. The maximum absolute atomic E-state index is 12.3. The zero-order valence-electron chi connectivity index (χ0n) is 11.7. The Labute approximate surface area is 119 Å². The topological polar surface area (TPSA) is 56.3 Å². The van der Waals surface area contributed by atoms with Crippen LogP contribution in [0, 0.1) is 0 Å². The van der Waals surface area contributed by atoms with E-state index in [2.05, 4.69) is 25.8 Å². The van der Waals surface area contributed by atoms with Crippen molar-refractivity contribution >= 4 is 21.2 Å². The van der Waals surface area contributed by atoms with Crippen molar-refractivity contribution in [2.45, 2.75) is 50.0 Å². The van der Waals surface area contributed by atoms with Crippen molar-refractivity contribution in [2.24, 2.45) is 0 Å². The molecule has 19 heavy (non-hydrogen) atoms. The van der Waals surface area contributed by atoms with Crippen molar-refractivity contribution < 1.29 is 13.2 Å². The minimum atomic E-state index is -3.15. The Hall–Kier alpha value is -0.460. The van der Waals surface area contributed by atoms with Gasteiger partial charge < -0.3 is 4.74 Å². The van der Waals surface area contributed by atoms with Crippen molar-refractivity contribution in [1.82, 2.24) is 4.98 Å². The van der Waals surface area contributed by atoms with Gasteiger partial charge in [-0.25, -0.2) is 13.4 Å². The normalized spacial score (nSPS) is 21.5. The first-order valence-electron chi connectivity index (χ1n) is 6.53. The maximum atomic E-state index is 12.3. The number of rotatable bonds is 3. The Morgan fingerprint density at radius 2 is 2.21 bits per heavy atom. The minimum Gasteiger partial charge on any atom is -0.380 e. The summed E-state index contributed by atoms with van der Waals surface area (Å²) < 4.78 is 29.9. The predicted octanol–water partition coefficient (Wildman–Crippen LogP) is 2.53. The maximum Gasteiger partial charge on any atom is 0.161 e. The van der Waals surface area contributed by atoms with Crippen LogP contribution in [-0.4, -0.2) is 31.9 Å². The van der Waals surface area contributed by atoms with Gasteiger partial charge in [-0.1, -0.05) is 20.8 Å². The van der Waals surface area contributed by atoms with Crippen LogP contribution in [0.4, 0.5) is 0 Å². The molecule has 6 heteroatoms. The van der Waals surface area contributed by atoms with Gasteiger partial charge in [0, 0.05) is 17.4 Å². The van der Waals surface area contributed by atoms with Gasteiger partial charge in [-0.15, -0.1) is 11.3 Å². The molecule has 1 fully saturated rings. The Morgan fingerprint density at radius 3 is 2.74 bits per heavy atom. The molecule has 2 rings (SSSR count). The van der Waals surface area contributed by atoms with E-state index in [1.165, 1.54) is 11.3 Å². The minimum absolute atomic E-state index is 0.0272. The van der Waals surface area contributed by atoms with Gasteiger partial charge in [-0.05, 0) is 12.8 Å². The smallest absolute Gasteiger partial charge is 0.161 e. The molecule has 0 spiro atoms. The van der Waals surface area contributed by atoms with Crippen molar-refractivity contribution in [3.63, 3.8) is 0 Å². The molecule has 108 valence electrons. The highest BCUT2D eigenvalue weighted by molar-refractivity contribution is 7.91. The third-order valence-electron chi connectivity index (χ3n) is 3.17. The molecule has 1 atom stereocenters. The number of nitrogens with zero attached hydrogens (tertiary/aromatic N) is 1. The summed E-state index contributed by atoms with van der Waals surface area (Å²) in [4.78, 5) is 4.46. The van der Waals surface area contributed by atoms with Gasteiger partial charge in [0.1, 0.15) is 0 Å². The van der Waals surface area contributed by atoms with Crippen LogP contribution < -0.4 is 0 Å². The fourth-order valence-electron chi connectivity index (χ4n) is 2.04. The summed E-state index contributed by atoms with van der Waals surface area (Å²) in [6.07, 6.45) is 1.53. The zero-order chi connectivity index (χ0) is 14.1. The molecule has 1 saturated heterocycles. The van der Waals surface area contributed by atoms with Crippen LogP contribution in [0.5, 0.6) is 0 Å². The van der Waals surface area contributed by atoms with Crippen LogP contribution in [-0.2, 0) is 25.7 Å². The Balaban J connectivity index is 2.09. The van der Waals surface area contributed by atoms with E-state index in [9.17, 15) is 8.42 Å². The van der Waals surface area contributed by atoms with Gasteiger partial charge in [0.25, 0.3) is 0 Å². The molecule has 1 aromatic rings. The third kappa shape index (κ3) is 3.77. The highest BCUT2D eigenvalue weighted by Crippen LogP contribution is 2.27. The van der Waals surface area contributed by atoms with Crippen molar-refractivity contribution in [2.75, 3.05) is 13.2 Å². The number of hydrogen-bond donors (Lipinski definition) is 0. The molecule has 1 aromatic heterocycles. The molecule has 0 aliphatic carbocycles. The molecular weight excluding hydrogens is 282 g/mol. The summed E-state index contributed by atoms with van der Waals surface area (Å²) in [6, 6.07) is 0. The summed E-state index contributed by atoms with van der Waals surface area (Å²) in [7, 11) is -3.15. The lowest BCUT2D eigenvalue weighted by atomic mass is 9.98. The van der Waals surface area contributed by atoms with Gasteiger partial charge in [0.2, 0.25) is 0 Å². The van der Waals surface area contributed by atoms with Crippen LogP contribution in [0.25, 0.3) is 0 Å². The monoisotopic (exact) mass is 303 g/mol. The van der Waals surface area contributed by atoms with Gasteiger partial charge in [-0.3, -0.25) is 0 Å². The molecule has 0 radical (unpaired) electrons. The van der Waals surface area contributed by atoms with E-state index >= 15 is 0 Å². The Kier molecular flexibility index (Phi) is 4.32. The summed E-state index contributed by atoms with van der Waals surface area (Å²) in [6.45, 7) is 7.26. The number of ether oxygens (including phenoxy) is 1. The van der Waals surface area contributed by atoms with Crippen LogP contribution in [0.15, 0.2) is 5.38 Å². The van der Waals surface area contributed by atoms with Crippen LogP contribution in [0.2, 0.25) is 0 Å². The summed E-state index contributed by atoms with van der Waals surface area (Å²) in [5, 5.41) is 2.49. The van der Waals surface area contributed by atoms with E-state index in [0.29, 0.717) is 25.3 Å². The van der Waals surface area contributed by atoms with Crippen LogP contribution >= 0.6 is 11.3 Å². The average molecular weight is 303 g/mol. The molecule has 1 aliphatic heterocycles. The SMILES string of the molecule is CC(C)(C)c1nc(CS(=O)(=O)[C@@H]2CCCOC2)cs1. The molecule has 0 N–H and O–H groups in total. The fraction of sp³-hybridized carbons (Fsp3) is 0.769. The van der Waals surface area contributed by atoms with E-state index in [1.807, 2.05) is 5.38 Å². The fourth-order valence-corrected chi connectivity index (χ4v) is 4.67. The van der Waals surface area contributed by atoms with Gasteiger partial charge >= 0.3 is 0 Å².